The minimum Gasteiger partial charge on any atom is -0.493 e. The van der Waals surface area contributed by atoms with Crippen molar-refractivity contribution in [3.63, 3.8) is 0 Å². The molecule has 1 aromatic carbocycles. The molecule has 1 aromatic heterocycles. The number of hydrogen-bond donors (Lipinski definition) is 1. The van der Waals surface area contributed by atoms with E-state index in [1.165, 1.54) is 11.1 Å². The van der Waals surface area contributed by atoms with Crippen LogP contribution in [-0.2, 0) is 6.42 Å². The van der Waals surface area contributed by atoms with Gasteiger partial charge in [-0.3, -0.25) is 0 Å². The number of aryl methyl sites for hydroxylation is 1. The van der Waals surface area contributed by atoms with Gasteiger partial charge in [0, 0.05) is 10.9 Å². The predicted octanol–water partition coefficient (Wildman–Crippen LogP) is 3.68. The fourth-order valence-electron chi connectivity index (χ4n) is 2.21. The number of benzene rings is 1. The Labute approximate surface area is 114 Å². The van der Waals surface area contributed by atoms with Crippen molar-refractivity contribution in [1.29, 1.82) is 0 Å². The van der Waals surface area contributed by atoms with Gasteiger partial charge in [-0.25, -0.2) is 0 Å². The van der Waals surface area contributed by atoms with Crippen molar-refractivity contribution in [3.05, 3.63) is 29.5 Å². The summed E-state index contributed by atoms with van der Waals surface area (Å²) in [5.41, 5.74) is 3.41. The van der Waals surface area contributed by atoms with Crippen LogP contribution in [0.2, 0.25) is 0 Å². The third kappa shape index (κ3) is 3.29. The molecule has 3 nitrogen and oxygen atoms in total. The molecule has 2 aromatic rings. The number of fused-ring (bicyclic) bond motifs is 1. The lowest BCUT2D eigenvalue weighted by atomic mass is 10.1. The lowest BCUT2D eigenvalue weighted by Gasteiger charge is -2.20. The number of hydrogen-bond acceptors (Lipinski definition) is 3. The Bertz CT molecular complexity index is 564. The van der Waals surface area contributed by atoms with Gasteiger partial charge >= 0.3 is 0 Å². The SMILES string of the molecule is COc1cc(C)cc2c(CCNC(C)(C)C)coc12. The largest absolute Gasteiger partial charge is 0.493 e. The van der Waals surface area contributed by atoms with Crippen LogP contribution >= 0.6 is 0 Å². The van der Waals surface area contributed by atoms with Crippen LogP contribution in [0.25, 0.3) is 11.0 Å². The molecular formula is C16H23NO2. The van der Waals surface area contributed by atoms with E-state index in [0.717, 1.165) is 29.7 Å². The summed E-state index contributed by atoms with van der Waals surface area (Å²) in [4.78, 5) is 0. The highest BCUT2D eigenvalue weighted by molar-refractivity contribution is 5.87. The second-order valence-corrected chi connectivity index (χ2v) is 6.03. The van der Waals surface area contributed by atoms with Gasteiger partial charge in [0.1, 0.15) is 0 Å². The van der Waals surface area contributed by atoms with Crippen LogP contribution < -0.4 is 10.1 Å². The Morgan fingerprint density at radius 2 is 2.00 bits per heavy atom. The fourth-order valence-corrected chi connectivity index (χ4v) is 2.21. The smallest absolute Gasteiger partial charge is 0.175 e. The van der Waals surface area contributed by atoms with Crippen molar-refractivity contribution in [2.45, 2.75) is 39.7 Å². The van der Waals surface area contributed by atoms with E-state index in [1.807, 2.05) is 12.3 Å². The first-order valence-corrected chi connectivity index (χ1v) is 6.70. The molecule has 0 radical (unpaired) electrons. The summed E-state index contributed by atoms with van der Waals surface area (Å²) in [6.45, 7) is 9.54. The van der Waals surface area contributed by atoms with E-state index < -0.39 is 0 Å². The Balaban J connectivity index is 2.23. The number of furan rings is 1. The zero-order chi connectivity index (χ0) is 14.0. The van der Waals surface area contributed by atoms with Crippen LogP contribution in [0, 0.1) is 6.92 Å². The van der Waals surface area contributed by atoms with E-state index in [2.05, 4.69) is 39.1 Å². The highest BCUT2D eigenvalue weighted by Gasteiger charge is 2.13. The molecule has 19 heavy (non-hydrogen) atoms. The molecule has 3 heteroatoms. The van der Waals surface area contributed by atoms with Crippen molar-refractivity contribution in [1.82, 2.24) is 5.32 Å². The first-order chi connectivity index (χ1) is 8.90. The molecule has 0 amide bonds. The minimum atomic E-state index is 0.146. The summed E-state index contributed by atoms with van der Waals surface area (Å²) in [5, 5.41) is 4.65. The van der Waals surface area contributed by atoms with Gasteiger partial charge < -0.3 is 14.5 Å². The lowest BCUT2D eigenvalue weighted by Crippen LogP contribution is -2.37. The van der Waals surface area contributed by atoms with Gasteiger partial charge in [0.25, 0.3) is 0 Å². The molecule has 0 aliphatic carbocycles. The molecule has 2 rings (SSSR count). The van der Waals surface area contributed by atoms with Gasteiger partial charge in [0.15, 0.2) is 11.3 Å². The number of nitrogens with one attached hydrogen (secondary N) is 1. The Morgan fingerprint density at radius 3 is 2.63 bits per heavy atom. The summed E-state index contributed by atoms with van der Waals surface area (Å²) < 4.78 is 11.0. The van der Waals surface area contributed by atoms with Gasteiger partial charge in [-0.15, -0.1) is 0 Å². The molecule has 0 saturated heterocycles. The van der Waals surface area contributed by atoms with Gasteiger partial charge in [-0.2, -0.15) is 0 Å². The number of ether oxygens (including phenoxy) is 1. The molecule has 0 unspecified atom stereocenters. The maximum absolute atomic E-state index is 5.66. The van der Waals surface area contributed by atoms with Crippen molar-refractivity contribution in [3.8, 4) is 5.75 Å². The molecule has 104 valence electrons. The number of rotatable bonds is 4. The fraction of sp³-hybridized carbons (Fsp3) is 0.500. The summed E-state index contributed by atoms with van der Waals surface area (Å²) in [7, 11) is 1.68. The van der Waals surface area contributed by atoms with Crippen molar-refractivity contribution < 1.29 is 9.15 Å². The molecule has 0 aliphatic heterocycles. The monoisotopic (exact) mass is 261 g/mol. The molecule has 0 bridgehead atoms. The standard InChI is InChI=1S/C16H23NO2/c1-11-8-13-12(6-7-17-16(2,3)4)10-19-15(13)14(9-11)18-5/h8-10,17H,6-7H2,1-5H3. The Morgan fingerprint density at radius 1 is 1.26 bits per heavy atom. The van der Waals surface area contributed by atoms with Gasteiger partial charge in [0.2, 0.25) is 0 Å². The van der Waals surface area contributed by atoms with E-state index in [-0.39, 0.29) is 5.54 Å². The van der Waals surface area contributed by atoms with Crippen LogP contribution in [0.1, 0.15) is 31.9 Å². The highest BCUT2D eigenvalue weighted by Crippen LogP contribution is 2.31. The van der Waals surface area contributed by atoms with E-state index in [1.54, 1.807) is 7.11 Å². The highest BCUT2D eigenvalue weighted by atomic mass is 16.5. The average Bonchev–Trinajstić information content (AvgIpc) is 2.70. The van der Waals surface area contributed by atoms with Gasteiger partial charge in [-0.1, -0.05) is 0 Å². The molecule has 1 N–H and O–H groups in total. The second kappa shape index (κ2) is 5.25. The Kier molecular flexibility index (Phi) is 3.85. The molecule has 0 atom stereocenters. The first kappa shape index (κ1) is 13.9. The summed E-state index contributed by atoms with van der Waals surface area (Å²) in [6, 6.07) is 4.16. The summed E-state index contributed by atoms with van der Waals surface area (Å²) in [6.07, 6.45) is 2.80. The third-order valence-electron chi connectivity index (χ3n) is 3.13. The molecule has 1 heterocycles. The van der Waals surface area contributed by atoms with Gasteiger partial charge in [0.05, 0.1) is 13.4 Å². The molecule has 0 fully saturated rings. The lowest BCUT2D eigenvalue weighted by molar-refractivity contribution is 0.410. The van der Waals surface area contributed by atoms with Gasteiger partial charge in [-0.05, 0) is 63.9 Å². The quantitative estimate of drug-likeness (QED) is 0.911. The zero-order valence-corrected chi connectivity index (χ0v) is 12.5. The van der Waals surface area contributed by atoms with E-state index in [9.17, 15) is 0 Å². The first-order valence-electron chi connectivity index (χ1n) is 6.70. The van der Waals surface area contributed by atoms with Crippen LogP contribution in [0.15, 0.2) is 22.8 Å². The summed E-state index contributed by atoms with van der Waals surface area (Å²) in [5.74, 6) is 0.810. The van der Waals surface area contributed by atoms with Crippen LogP contribution in [0.4, 0.5) is 0 Å². The third-order valence-corrected chi connectivity index (χ3v) is 3.13. The maximum atomic E-state index is 5.66. The molecule has 0 saturated carbocycles. The molecular weight excluding hydrogens is 238 g/mol. The minimum absolute atomic E-state index is 0.146. The van der Waals surface area contributed by atoms with Crippen LogP contribution in [0.5, 0.6) is 5.75 Å². The molecule has 0 aliphatic rings. The predicted molar refractivity (Wildman–Crippen MR) is 79.0 cm³/mol. The van der Waals surface area contributed by atoms with Crippen molar-refractivity contribution in [2.75, 3.05) is 13.7 Å². The van der Waals surface area contributed by atoms with Crippen molar-refractivity contribution >= 4 is 11.0 Å². The average molecular weight is 261 g/mol. The topological polar surface area (TPSA) is 34.4 Å². The summed E-state index contributed by atoms with van der Waals surface area (Å²) >= 11 is 0. The van der Waals surface area contributed by atoms with E-state index in [0.29, 0.717) is 0 Å². The number of methoxy groups -OCH3 is 1. The van der Waals surface area contributed by atoms with Crippen LogP contribution in [0.3, 0.4) is 0 Å². The maximum Gasteiger partial charge on any atom is 0.175 e. The van der Waals surface area contributed by atoms with E-state index >= 15 is 0 Å². The zero-order valence-electron chi connectivity index (χ0n) is 12.5. The molecule has 0 spiro atoms. The van der Waals surface area contributed by atoms with E-state index in [4.69, 9.17) is 9.15 Å². The second-order valence-electron chi connectivity index (χ2n) is 6.03. The Hall–Kier alpha value is -1.48. The van der Waals surface area contributed by atoms with Crippen LogP contribution in [-0.4, -0.2) is 19.2 Å². The normalized spacial score (nSPS) is 12.1. The van der Waals surface area contributed by atoms with Crippen molar-refractivity contribution in [2.24, 2.45) is 0 Å².